The fourth-order valence-electron chi connectivity index (χ4n) is 1.77. The molecule has 4 nitrogen and oxygen atoms in total. The molecule has 0 aromatic carbocycles. The molecule has 88 valence electrons. The Kier molecular flexibility index (Phi) is 7.95. The minimum atomic E-state index is -0.981. The number of carboxylic acids is 1. The Hall–Kier alpha value is -0.870. The van der Waals surface area contributed by atoms with Gasteiger partial charge in [0.25, 0.3) is 0 Å². The van der Waals surface area contributed by atoms with Crippen LogP contribution in [0.5, 0.6) is 0 Å². The van der Waals surface area contributed by atoms with Gasteiger partial charge in [-0.05, 0) is 24.7 Å². The predicted octanol–water partition coefficient (Wildman–Crippen LogP) is 1.03. The van der Waals surface area contributed by atoms with Crippen molar-refractivity contribution < 1.29 is 20.1 Å². The fourth-order valence-corrected chi connectivity index (χ4v) is 1.77. The maximum absolute atomic E-state index is 9.25. The van der Waals surface area contributed by atoms with Crippen LogP contribution >= 0.6 is 0 Å². The van der Waals surface area contributed by atoms with Crippen molar-refractivity contribution >= 4 is 5.97 Å². The van der Waals surface area contributed by atoms with Gasteiger partial charge in [-0.15, -0.1) is 0 Å². The maximum Gasteiger partial charge on any atom is 0.327 e. The molecule has 1 fully saturated rings. The average molecular weight is 216 g/mol. The molecule has 0 spiro atoms. The van der Waals surface area contributed by atoms with Gasteiger partial charge in [-0.3, -0.25) is 0 Å². The van der Waals surface area contributed by atoms with E-state index in [1.807, 2.05) is 0 Å². The highest BCUT2D eigenvalue weighted by molar-refractivity contribution is 5.78. The molecule has 3 N–H and O–H groups in total. The zero-order chi connectivity index (χ0) is 11.7. The van der Waals surface area contributed by atoms with Crippen LogP contribution in [0.15, 0.2) is 12.7 Å². The van der Waals surface area contributed by atoms with Gasteiger partial charge in [0.1, 0.15) is 0 Å². The van der Waals surface area contributed by atoms with E-state index in [-0.39, 0.29) is 13.2 Å². The Bertz CT molecular complexity index is 179. The zero-order valence-corrected chi connectivity index (χ0v) is 8.93. The summed E-state index contributed by atoms with van der Waals surface area (Å²) >= 11 is 0. The van der Waals surface area contributed by atoms with E-state index in [9.17, 15) is 4.79 Å². The summed E-state index contributed by atoms with van der Waals surface area (Å²) < 4.78 is 0. The van der Waals surface area contributed by atoms with Crippen LogP contribution in [0.1, 0.15) is 25.7 Å². The number of aliphatic hydroxyl groups excluding tert-OH is 2. The largest absolute Gasteiger partial charge is 0.478 e. The number of hydrogen-bond acceptors (Lipinski definition) is 3. The maximum atomic E-state index is 9.25. The number of carbonyl (C=O) groups is 1. The summed E-state index contributed by atoms with van der Waals surface area (Å²) in [7, 11) is 0. The Morgan fingerprint density at radius 1 is 1.20 bits per heavy atom. The Morgan fingerprint density at radius 2 is 1.53 bits per heavy atom. The van der Waals surface area contributed by atoms with Crippen molar-refractivity contribution in [1.82, 2.24) is 0 Å². The van der Waals surface area contributed by atoms with Crippen LogP contribution < -0.4 is 0 Å². The highest BCUT2D eigenvalue weighted by Crippen LogP contribution is 2.28. The number of aliphatic hydroxyl groups is 2. The SMILES string of the molecule is C=CC(=O)O.OCC1CCCCC1CO. The minimum absolute atomic E-state index is 0.255. The van der Waals surface area contributed by atoms with Crippen LogP contribution in [0.3, 0.4) is 0 Å². The first-order chi connectivity index (χ1) is 7.15. The second-order valence-corrected chi connectivity index (χ2v) is 3.71. The Labute approximate surface area is 90.2 Å². The van der Waals surface area contributed by atoms with Crippen molar-refractivity contribution in [1.29, 1.82) is 0 Å². The van der Waals surface area contributed by atoms with Gasteiger partial charge in [0.2, 0.25) is 0 Å². The van der Waals surface area contributed by atoms with E-state index in [4.69, 9.17) is 15.3 Å². The van der Waals surface area contributed by atoms with Crippen molar-refractivity contribution in [3.8, 4) is 0 Å². The van der Waals surface area contributed by atoms with Gasteiger partial charge >= 0.3 is 5.97 Å². The second-order valence-electron chi connectivity index (χ2n) is 3.71. The van der Waals surface area contributed by atoms with Crippen molar-refractivity contribution in [2.24, 2.45) is 11.8 Å². The van der Waals surface area contributed by atoms with Crippen molar-refractivity contribution in [2.75, 3.05) is 13.2 Å². The third-order valence-corrected chi connectivity index (χ3v) is 2.71. The third-order valence-electron chi connectivity index (χ3n) is 2.71. The molecule has 4 heteroatoms. The lowest BCUT2D eigenvalue weighted by molar-refractivity contribution is -0.131. The smallest absolute Gasteiger partial charge is 0.327 e. The van der Waals surface area contributed by atoms with E-state index in [1.54, 1.807) is 0 Å². The van der Waals surface area contributed by atoms with Crippen LogP contribution in [0.4, 0.5) is 0 Å². The highest BCUT2D eigenvalue weighted by Gasteiger charge is 2.23. The van der Waals surface area contributed by atoms with Crippen LogP contribution in [-0.4, -0.2) is 34.5 Å². The van der Waals surface area contributed by atoms with Gasteiger partial charge in [-0.2, -0.15) is 0 Å². The van der Waals surface area contributed by atoms with Crippen molar-refractivity contribution in [3.63, 3.8) is 0 Å². The summed E-state index contributed by atoms with van der Waals surface area (Å²) in [5.74, 6) is -0.234. The molecular weight excluding hydrogens is 196 g/mol. The number of hydrogen-bond donors (Lipinski definition) is 3. The van der Waals surface area contributed by atoms with E-state index in [2.05, 4.69) is 6.58 Å². The van der Waals surface area contributed by atoms with Crippen molar-refractivity contribution in [3.05, 3.63) is 12.7 Å². The highest BCUT2D eigenvalue weighted by atomic mass is 16.4. The van der Waals surface area contributed by atoms with E-state index in [1.165, 1.54) is 12.8 Å². The van der Waals surface area contributed by atoms with Gasteiger partial charge in [0, 0.05) is 19.3 Å². The third kappa shape index (κ3) is 6.25. The van der Waals surface area contributed by atoms with Gasteiger partial charge < -0.3 is 15.3 Å². The molecule has 0 aromatic rings. The summed E-state index contributed by atoms with van der Waals surface area (Å²) in [5, 5.41) is 25.4. The fraction of sp³-hybridized carbons (Fsp3) is 0.727. The standard InChI is InChI=1S/C8H16O2.C3H4O2/c9-5-7-3-1-2-4-8(7)6-10;1-2-3(4)5/h7-10H,1-6H2;2H,1H2,(H,4,5). The summed E-state index contributed by atoms with van der Waals surface area (Å²) in [4.78, 5) is 9.25. The van der Waals surface area contributed by atoms with E-state index >= 15 is 0 Å². The molecular formula is C11H20O4. The molecule has 0 radical (unpaired) electrons. The first-order valence-corrected chi connectivity index (χ1v) is 5.22. The van der Waals surface area contributed by atoms with Gasteiger partial charge in [-0.1, -0.05) is 19.4 Å². The normalized spacial score (nSPS) is 24.9. The van der Waals surface area contributed by atoms with Crippen LogP contribution in [-0.2, 0) is 4.79 Å². The molecule has 0 saturated heterocycles. The number of aliphatic carboxylic acids is 1. The quantitative estimate of drug-likeness (QED) is 0.616. The van der Waals surface area contributed by atoms with Crippen LogP contribution in [0, 0.1) is 11.8 Å². The molecule has 15 heavy (non-hydrogen) atoms. The monoisotopic (exact) mass is 216 g/mol. The molecule has 0 aromatic heterocycles. The van der Waals surface area contributed by atoms with Gasteiger partial charge in [-0.25, -0.2) is 4.79 Å². The average Bonchev–Trinajstić information content (AvgIpc) is 2.29. The number of carboxylic acid groups (broad SMARTS) is 1. The van der Waals surface area contributed by atoms with Crippen LogP contribution in [0.2, 0.25) is 0 Å². The zero-order valence-electron chi connectivity index (χ0n) is 8.93. The summed E-state index contributed by atoms with van der Waals surface area (Å²) in [6.07, 6.45) is 5.48. The lowest BCUT2D eigenvalue weighted by Gasteiger charge is -2.28. The van der Waals surface area contributed by atoms with E-state index < -0.39 is 5.97 Å². The van der Waals surface area contributed by atoms with E-state index in [0.717, 1.165) is 18.9 Å². The van der Waals surface area contributed by atoms with Crippen molar-refractivity contribution in [2.45, 2.75) is 25.7 Å². The molecule has 0 aliphatic heterocycles. The predicted molar refractivity (Wildman–Crippen MR) is 57.5 cm³/mol. The number of rotatable bonds is 3. The Morgan fingerprint density at radius 3 is 1.73 bits per heavy atom. The van der Waals surface area contributed by atoms with Gasteiger partial charge in [0.05, 0.1) is 0 Å². The molecule has 1 aliphatic rings. The summed E-state index contributed by atoms with van der Waals surface area (Å²) in [5.41, 5.74) is 0. The lowest BCUT2D eigenvalue weighted by Crippen LogP contribution is -2.25. The molecule has 1 saturated carbocycles. The molecule has 0 amide bonds. The second kappa shape index (κ2) is 8.44. The summed E-state index contributed by atoms with van der Waals surface area (Å²) in [6.45, 7) is 3.47. The Balaban J connectivity index is 0.000000336. The molecule has 1 aliphatic carbocycles. The first-order valence-electron chi connectivity index (χ1n) is 5.22. The molecule has 2 unspecified atom stereocenters. The lowest BCUT2D eigenvalue weighted by atomic mass is 9.80. The molecule has 1 rings (SSSR count). The van der Waals surface area contributed by atoms with E-state index in [0.29, 0.717) is 11.8 Å². The van der Waals surface area contributed by atoms with Crippen LogP contribution in [0.25, 0.3) is 0 Å². The molecule has 0 bridgehead atoms. The van der Waals surface area contributed by atoms with Gasteiger partial charge in [0.15, 0.2) is 0 Å². The topological polar surface area (TPSA) is 77.8 Å². The minimum Gasteiger partial charge on any atom is -0.478 e. The summed E-state index contributed by atoms with van der Waals surface area (Å²) in [6, 6.07) is 0. The first kappa shape index (κ1) is 14.1. The molecule has 2 atom stereocenters. The molecule has 0 heterocycles.